The third-order valence-corrected chi connectivity index (χ3v) is 4.71. The van der Waals surface area contributed by atoms with Gasteiger partial charge in [-0.05, 0) is 29.7 Å². The Morgan fingerprint density at radius 1 is 1.24 bits per heavy atom. The highest BCUT2D eigenvalue weighted by Crippen LogP contribution is 2.33. The van der Waals surface area contributed by atoms with Crippen LogP contribution in [0, 0.1) is 0 Å². The first-order chi connectivity index (χ1) is 14.0. The molecule has 2 aromatic carbocycles. The van der Waals surface area contributed by atoms with E-state index in [-0.39, 0.29) is 11.8 Å². The van der Waals surface area contributed by atoms with Crippen molar-refractivity contribution in [3.63, 3.8) is 0 Å². The lowest BCUT2D eigenvalue weighted by molar-refractivity contribution is -0.136. The number of H-pyrrole nitrogens is 1. The molecule has 4 rings (SSSR count). The maximum atomic E-state index is 12.8. The molecule has 2 N–H and O–H groups in total. The number of carbonyl (C=O) groups is 1. The van der Waals surface area contributed by atoms with Gasteiger partial charge in [-0.25, -0.2) is 4.98 Å². The number of benzene rings is 2. The molecule has 0 bridgehead atoms. The maximum Gasteiger partial charge on any atom is 0.303 e. The lowest BCUT2D eigenvalue weighted by Gasteiger charge is -2.10. The van der Waals surface area contributed by atoms with Gasteiger partial charge in [-0.15, -0.1) is 0 Å². The number of fused-ring (bicyclic) bond motifs is 1. The number of methoxy groups -OCH3 is 1. The van der Waals surface area contributed by atoms with Crippen LogP contribution in [0.2, 0.25) is 0 Å². The monoisotopic (exact) mass is 390 g/mol. The van der Waals surface area contributed by atoms with Crippen molar-refractivity contribution in [3.8, 4) is 28.3 Å². The number of hydrogen-bond donors (Lipinski definition) is 2. The van der Waals surface area contributed by atoms with Crippen molar-refractivity contribution in [2.45, 2.75) is 12.8 Å². The Kier molecular flexibility index (Phi) is 4.87. The number of pyridine rings is 1. The molecule has 2 heterocycles. The van der Waals surface area contributed by atoms with Crippen LogP contribution in [0.4, 0.5) is 0 Å². The predicted octanol–water partition coefficient (Wildman–Crippen LogP) is 3.88. The average Bonchev–Trinajstić information content (AvgIpc) is 3.26. The highest BCUT2D eigenvalue weighted by molar-refractivity contribution is 5.88. The van der Waals surface area contributed by atoms with Gasteiger partial charge in [-0.2, -0.15) is 0 Å². The summed E-state index contributed by atoms with van der Waals surface area (Å²) < 4.78 is 10.8. The first-order valence-electron chi connectivity index (χ1n) is 9.00. The molecule has 0 atom stereocenters. The molecule has 7 heteroatoms. The summed E-state index contributed by atoms with van der Waals surface area (Å²) in [6.45, 7) is 0. The Hall–Kier alpha value is -3.87. The first kappa shape index (κ1) is 18.5. The fourth-order valence-corrected chi connectivity index (χ4v) is 3.29. The fourth-order valence-electron chi connectivity index (χ4n) is 3.29. The van der Waals surface area contributed by atoms with Crippen LogP contribution in [0.1, 0.15) is 12.0 Å². The number of ether oxygens (including phenoxy) is 1. The molecule has 0 saturated carbocycles. The van der Waals surface area contributed by atoms with Crippen LogP contribution in [-0.2, 0) is 11.2 Å². The molecule has 0 spiro atoms. The molecule has 0 amide bonds. The molecule has 0 aliphatic carbocycles. The summed E-state index contributed by atoms with van der Waals surface area (Å²) in [5.74, 6) is 0.222. The average molecular weight is 390 g/mol. The molecule has 0 fully saturated rings. The number of rotatable bonds is 6. The fraction of sp³-hybridized carbons (Fsp3) is 0.136. The van der Waals surface area contributed by atoms with E-state index in [9.17, 15) is 9.59 Å². The van der Waals surface area contributed by atoms with E-state index in [0.717, 1.165) is 11.1 Å². The van der Waals surface area contributed by atoms with Crippen LogP contribution in [-0.4, -0.2) is 28.2 Å². The van der Waals surface area contributed by atoms with Crippen LogP contribution in [0.5, 0.6) is 5.75 Å². The minimum absolute atomic E-state index is 0.0549. The molecule has 0 aliphatic rings. The number of carboxylic acid groups (broad SMARTS) is 1. The minimum atomic E-state index is -0.843. The number of aliphatic carboxylic acids is 1. The molecule has 0 unspecified atom stereocenters. The summed E-state index contributed by atoms with van der Waals surface area (Å²) in [7, 11) is 1.55. The third-order valence-electron chi connectivity index (χ3n) is 4.71. The van der Waals surface area contributed by atoms with E-state index in [0.29, 0.717) is 40.1 Å². The van der Waals surface area contributed by atoms with Gasteiger partial charge >= 0.3 is 5.97 Å². The number of aromatic amines is 1. The standard InChI is InChI=1S/C22H18N2O5/c1-28-20-10-18-15(8-16(20)21-11-23-12-29-21)19(25)9-17(24-18)14-4-2-3-13(7-14)5-6-22(26)27/h2-4,7-12H,5-6H2,1H3,(H,24,25)(H,26,27). The van der Waals surface area contributed by atoms with Crippen molar-refractivity contribution in [1.82, 2.24) is 9.97 Å². The molecule has 7 nitrogen and oxygen atoms in total. The van der Waals surface area contributed by atoms with Gasteiger partial charge in [-0.3, -0.25) is 9.59 Å². The van der Waals surface area contributed by atoms with Gasteiger partial charge in [0, 0.05) is 29.6 Å². The molecular formula is C22H18N2O5. The van der Waals surface area contributed by atoms with Gasteiger partial charge in [0.1, 0.15) is 5.75 Å². The number of oxazole rings is 1. The van der Waals surface area contributed by atoms with Crippen LogP contribution >= 0.6 is 0 Å². The van der Waals surface area contributed by atoms with Crippen LogP contribution in [0.15, 0.2) is 64.3 Å². The molecule has 0 saturated heterocycles. The van der Waals surface area contributed by atoms with E-state index in [4.69, 9.17) is 14.3 Å². The Bertz CT molecular complexity index is 1240. The Morgan fingerprint density at radius 2 is 2.10 bits per heavy atom. The van der Waals surface area contributed by atoms with E-state index in [1.54, 1.807) is 25.4 Å². The number of aryl methyl sites for hydroxylation is 1. The summed E-state index contributed by atoms with van der Waals surface area (Å²) in [6.07, 6.45) is 3.37. The second-order valence-electron chi connectivity index (χ2n) is 6.61. The second-order valence-corrected chi connectivity index (χ2v) is 6.61. The number of nitrogens with one attached hydrogen (secondary N) is 1. The van der Waals surface area contributed by atoms with E-state index >= 15 is 0 Å². The SMILES string of the molecule is COc1cc2[nH]c(-c3cccc(CCC(=O)O)c3)cc(=O)c2cc1-c1cnco1. The number of nitrogens with zero attached hydrogens (tertiary/aromatic N) is 1. The molecule has 146 valence electrons. The lowest BCUT2D eigenvalue weighted by atomic mass is 10.0. The highest BCUT2D eigenvalue weighted by atomic mass is 16.5. The number of aromatic nitrogens is 2. The van der Waals surface area contributed by atoms with Crippen molar-refractivity contribution in [1.29, 1.82) is 0 Å². The van der Waals surface area contributed by atoms with Gasteiger partial charge in [0.25, 0.3) is 0 Å². The summed E-state index contributed by atoms with van der Waals surface area (Å²) in [4.78, 5) is 30.8. The van der Waals surface area contributed by atoms with Crippen LogP contribution in [0.25, 0.3) is 33.5 Å². The molecule has 2 aromatic heterocycles. The van der Waals surface area contributed by atoms with Crippen molar-refractivity contribution < 1.29 is 19.1 Å². The first-order valence-corrected chi connectivity index (χ1v) is 9.00. The summed E-state index contributed by atoms with van der Waals surface area (Å²) in [5.41, 5.74) is 3.48. The van der Waals surface area contributed by atoms with Gasteiger partial charge in [-0.1, -0.05) is 18.2 Å². The van der Waals surface area contributed by atoms with E-state index in [1.807, 2.05) is 24.3 Å². The smallest absolute Gasteiger partial charge is 0.303 e. The third kappa shape index (κ3) is 3.75. The Balaban J connectivity index is 1.80. The Morgan fingerprint density at radius 3 is 2.83 bits per heavy atom. The quantitative estimate of drug-likeness (QED) is 0.518. The lowest BCUT2D eigenvalue weighted by Crippen LogP contribution is -2.04. The van der Waals surface area contributed by atoms with E-state index in [2.05, 4.69) is 9.97 Å². The van der Waals surface area contributed by atoms with Gasteiger partial charge in [0.2, 0.25) is 0 Å². The Labute approximate surface area is 165 Å². The zero-order chi connectivity index (χ0) is 20.4. The van der Waals surface area contributed by atoms with Crippen molar-refractivity contribution in [2.75, 3.05) is 7.11 Å². The van der Waals surface area contributed by atoms with E-state index in [1.165, 1.54) is 12.5 Å². The van der Waals surface area contributed by atoms with Crippen LogP contribution in [0.3, 0.4) is 0 Å². The van der Waals surface area contributed by atoms with E-state index < -0.39 is 5.97 Å². The summed E-state index contributed by atoms with van der Waals surface area (Å²) >= 11 is 0. The summed E-state index contributed by atoms with van der Waals surface area (Å²) in [5, 5.41) is 9.39. The van der Waals surface area contributed by atoms with Crippen molar-refractivity contribution >= 4 is 16.9 Å². The largest absolute Gasteiger partial charge is 0.496 e. The molecule has 0 radical (unpaired) electrons. The second kappa shape index (κ2) is 7.63. The van der Waals surface area contributed by atoms with Gasteiger partial charge in [0.05, 0.1) is 24.4 Å². The zero-order valence-corrected chi connectivity index (χ0v) is 15.6. The zero-order valence-electron chi connectivity index (χ0n) is 15.6. The predicted molar refractivity (Wildman–Crippen MR) is 108 cm³/mol. The molecule has 4 aromatic rings. The number of hydrogen-bond acceptors (Lipinski definition) is 5. The molecule has 0 aliphatic heterocycles. The minimum Gasteiger partial charge on any atom is -0.496 e. The normalized spacial score (nSPS) is 10.9. The van der Waals surface area contributed by atoms with Crippen molar-refractivity contribution in [3.05, 3.63) is 70.8 Å². The number of carboxylic acids is 1. The maximum absolute atomic E-state index is 12.8. The van der Waals surface area contributed by atoms with Crippen molar-refractivity contribution in [2.24, 2.45) is 0 Å². The topological polar surface area (TPSA) is 105 Å². The highest BCUT2D eigenvalue weighted by Gasteiger charge is 2.14. The molecular weight excluding hydrogens is 372 g/mol. The van der Waals surface area contributed by atoms with Gasteiger partial charge < -0.3 is 19.2 Å². The van der Waals surface area contributed by atoms with Gasteiger partial charge in [0.15, 0.2) is 17.6 Å². The summed E-state index contributed by atoms with van der Waals surface area (Å²) in [6, 6.07) is 12.5. The molecule has 29 heavy (non-hydrogen) atoms. The van der Waals surface area contributed by atoms with Crippen LogP contribution < -0.4 is 10.2 Å².